The Morgan fingerprint density at radius 1 is 1.31 bits per heavy atom. The SMILES string of the molecule is C=C(NC1CCCCC1)P(=O)([O-])[O-]. The van der Waals surface area contributed by atoms with Crippen molar-refractivity contribution in [1.29, 1.82) is 0 Å². The molecule has 4 nitrogen and oxygen atoms in total. The molecule has 0 aromatic heterocycles. The van der Waals surface area contributed by atoms with Crippen LogP contribution < -0.4 is 15.1 Å². The molecule has 5 heteroatoms. The first-order valence-corrected chi connectivity index (χ1v) is 6.02. The summed E-state index contributed by atoms with van der Waals surface area (Å²) in [4.78, 5) is 21.0. The smallest absolute Gasteiger partial charge is 0.0359 e. The van der Waals surface area contributed by atoms with Gasteiger partial charge in [0.15, 0.2) is 0 Å². The van der Waals surface area contributed by atoms with Crippen LogP contribution in [0.5, 0.6) is 0 Å². The third-order valence-corrected chi connectivity index (χ3v) is 3.10. The molecular formula is C8H14NO3P-2. The van der Waals surface area contributed by atoms with Crippen molar-refractivity contribution in [3.05, 3.63) is 12.0 Å². The molecule has 1 N–H and O–H groups in total. The van der Waals surface area contributed by atoms with Gasteiger partial charge in [-0.2, -0.15) is 0 Å². The fourth-order valence-corrected chi connectivity index (χ4v) is 1.90. The first-order chi connectivity index (χ1) is 6.00. The van der Waals surface area contributed by atoms with Gasteiger partial charge in [-0.15, -0.1) is 0 Å². The lowest BCUT2D eigenvalue weighted by Crippen LogP contribution is -2.33. The van der Waals surface area contributed by atoms with Crippen LogP contribution in [0.15, 0.2) is 12.0 Å². The average Bonchev–Trinajstić information content (AvgIpc) is 2.04. The standard InChI is InChI=1S/C8H16NO3P/c1-7(13(10,11)12)9-8-5-3-2-4-6-8/h8-9H,1-6H2,(H2,10,11,12)/p-2. The molecule has 0 radical (unpaired) electrons. The van der Waals surface area contributed by atoms with Gasteiger partial charge in [0.05, 0.1) is 0 Å². The van der Waals surface area contributed by atoms with E-state index in [-0.39, 0.29) is 11.5 Å². The molecule has 0 amide bonds. The minimum atomic E-state index is -4.63. The number of hydrogen-bond acceptors (Lipinski definition) is 4. The summed E-state index contributed by atoms with van der Waals surface area (Å²) in [7, 11) is -4.63. The molecule has 1 aliphatic carbocycles. The Labute approximate surface area is 78.2 Å². The Balaban J connectivity index is 2.39. The molecule has 0 saturated heterocycles. The van der Waals surface area contributed by atoms with E-state index in [4.69, 9.17) is 0 Å². The zero-order valence-electron chi connectivity index (χ0n) is 7.49. The summed E-state index contributed by atoms with van der Waals surface area (Å²) in [5, 5.41) is 2.68. The fraction of sp³-hybridized carbons (Fsp3) is 0.750. The van der Waals surface area contributed by atoms with Gasteiger partial charge < -0.3 is 19.7 Å². The largest absolute Gasteiger partial charge is 0.806 e. The zero-order valence-corrected chi connectivity index (χ0v) is 8.39. The lowest BCUT2D eigenvalue weighted by atomic mass is 9.96. The maximum absolute atomic E-state index is 10.5. The van der Waals surface area contributed by atoms with Crippen LogP contribution >= 0.6 is 7.60 Å². The van der Waals surface area contributed by atoms with Crippen molar-refractivity contribution in [3.63, 3.8) is 0 Å². The molecule has 0 aromatic carbocycles. The van der Waals surface area contributed by atoms with Crippen molar-refractivity contribution < 1.29 is 14.4 Å². The number of hydrogen-bond donors (Lipinski definition) is 1. The summed E-state index contributed by atoms with van der Waals surface area (Å²) in [6.45, 7) is 3.22. The van der Waals surface area contributed by atoms with Crippen LogP contribution in [0.4, 0.5) is 0 Å². The third-order valence-electron chi connectivity index (χ3n) is 2.31. The van der Waals surface area contributed by atoms with E-state index in [1.807, 2.05) is 0 Å². The minimum absolute atomic E-state index is 0.123. The normalized spacial score (nSPS) is 19.8. The maximum atomic E-state index is 10.5. The van der Waals surface area contributed by atoms with Crippen LogP contribution in [0.2, 0.25) is 0 Å². The molecule has 0 heterocycles. The van der Waals surface area contributed by atoms with Gasteiger partial charge >= 0.3 is 0 Å². The molecule has 1 aliphatic rings. The highest BCUT2D eigenvalue weighted by Crippen LogP contribution is 2.33. The molecule has 76 valence electrons. The fourth-order valence-electron chi connectivity index (χ4n) is 1.56. The van der Waals surface area contributed by atoms with Crippen molar-refractivity contribution in [2.24, 2.45) is 0 Å². The molecule has 1 saturated carbocycles. The molecule has 0 bridgehead atoms. The van der Waals surface area contributed by atoms with Crippen molar-refractivity contribution in [3.8, 4) is 0 Å². The van der Waals surface area contributed by atoms with E-state index in [0.29, 0.717) is 0 Å². The third kappa shape index (κ3) is 3.51. The Kier molecular flexibility index (Phi) is 3.54. The first kappa shape index (κ1) is 10.8. The maximum Gasteiger partial charge on any atom is 0.0359 e. The van der Waals surface area contributed by atoms with Crippen LogP contribution in [0.25, 0.3) is 0 Å². The Bertz CT molecular complexity index is 230. The van der Waals surface area contributed by atoms with Crippen molar-refractivity contribution in [1.82, 2.24) is 5.32 Å². The van der Waals surface area contributed by atoms with E-state index in [0.717, 1.165) is 25.7 Å². The van der Waals surface area contributed by atoms with E-state index in [1.165, 1.54) is 6.42 Å². The van der Waals surface area contributed by atoms with Gasteiger partial charge in [-0.3, -0.25) is 0 Å². The topological polar surface area (TPSA) is 75.2 Å². The molecule has 0 unspecified atom stereocenters. The second kappa shape index (κ2) is 4.27. The molecule has 0 aliphatic heterocycles. The Hall–Kier alpha value is -0.310. The van der Waals surface area contributed by atoms with Gasteiger partial charge in [-0.25, -0.2) is 0 Å². The van der Waals surface area contributed by atoms with Crippen molar-refractivity contribution in [2.75, 3.05) is 0 Å². The molecule has 1 rings (SSSR count). The summed E-state index contributed by atoms with van der Waals surface area (Å²) in [6.07, 6.45) is 5.23. The van der Waals surface area contributed by atoms with Crippen LogP contribution in [-0.4, -0.2) is 6.04 Å². The van der Waals surface area contributed by atoms with E-state index < -0.39 is 7.60 Å². The highest BCUT2D eigenvalue weighted by atomic mass is 31.2. The number of nitrogens with one attached hydrogen (secondary N) is 1. The summed E-state index contributed by atoms with van der Waals surface area (Å²) >= 11 is 0. The lowest BCUT2D eigenvalue weighted by Gasteiger charge is -2.35. The van der Waals surface area contributed by atoms with Crippen LogP contribution in [0.1, 0.15) is 32.1 Å². The van der Waals surface area contributed by atoms with E-state index in [2.05, 4.69) is 11.9 Å². The molecule has 0 spiro atoms. The van der Waals surface area contributed by atoms with Gasteiger partial charge in [0.1, 0.15) is 0 Å². The summed E-state index contributed by atoms with van der Waals surface area (Å²) in [6, 6.07) is 0.123. The van der Waals surface area contributed by atoms with Gasteiger partial charge in [0, 0.05) is 11.5 Å². The second-order valence-corrected chi connectivity index (χ2v) is 4.96. The van der Waals surface area contributed by atoms with Gasteiger partial charge in [-0.05, 0) is 20.4 Å². The van der Waals surface area contributed by atoms with Gasteiger partial charge in [-0.1, -0.05) is 25.8 Å². The van der Waals surface area contributed by atoms with Crippen LogP contribution in [0, 0.1) is 0 Å². The lowest BCUT2D eigenvalue weighted by molar-refractivity contribution is -0.310. The van der Waals surface area contributed by atoms with Crippen LogP contribution in [0.3, 0.4) is 0 Å². The molecule has 13 heavy (non-hydrogen) atoms. The van der Waals surface area contributed by atoms with Crippen LogP contribution in [-0.2, 0) is 4.57 Å². The molecule has 0 atom stereocenters. The van der Waals surface area contributed by atoms with E-state index >= 15 is 0 Å². The minimum Gasteiger partial charge on any atom is -0.806 e. The predicted molar refractivity (Wildman–Crippen MR) is 46.8 cm³/mol. The average molecular weight is 203 g/mol. The Morgan fingerprint density at radius 2 is 1.85 bits per heavy atom. The zero-order chi connectivity index (χ0) is 9.90. The monoisotopic (exact) mass is 203 g/mol. The molecule has 0 aromatic rings. The highest BCUT2D eigenvalue weighted by molar-refractivity contribution is 7.53. The summed E-state index contributed by atoms with van der Waals surface area (Å²) in [5.41, 5.74) is -0.362. The predicted octanol–water partition coefficient (Wildman–Crippen LogP) is 0.294. The van der Waals surface area contributed by atoms with E-state index in [9.17, 15) is 14.4 Å². The Morgan fingerprint density at radius 3 is 2.31 bits per heavy atom. The van der Waals surface area contributed by atoms with Crippen molar-refractivity contribution in [2.45, 2.75) is 38.1 Å². The summed E-state index contributed by atoms with van der Waals surface area (Å²) < 4.78 is 10.5. The van der Waals surface area contributed by atoms with Gasteiger partial charge in [0.2, 0.25) is 0 Å². The van der Waals surface area contributed by atoms with Gasteiger partial charge in [0.25, 0.3) is 0 Å². The quantitative estimate of drug-likeness (QED) is 0.669. The molecular weight excluding hydrogens is 189 g/mol. The second-order valence-electron chi connectivity index (χ2n) is 3.42. The molecule has 1 fully saturated rings. The number of rotatable bonds is 3. The van der Waals surface area contributed by atoms with Crippen molar-refractivity contribution >= 4 is 7.60 Å². The first-order valence-electron chi connectivity index (χ1n) is 4.48. The van der Waals surface area contributed by atoms with E-state index in [1.54, 1.807) is 0 Å². The highest BCUT2D eigenvalue weighted by Gasteiger charge is 2.13. The summed E-state index contributed by atoms with van der Waals surface area (Å²) in [5.74, 6) is 0.